The van der Waals surface area contributed by atoms with Crippen LogP contribution in [0.3, 0.4) is 0 Å². The standard InChI is InChI=1S/C14H16N2O2/c1-10-6-12(15-18-10)8-16-7-11-4-2-3-5-14(17)13(11)9-16/h6-7,9H,2-5,8H2,1H3. The van der Waals surface area contributed by atoms with Gasteiger partial charge in [0, 0.05) is 30.4 Å². The first-order valence-corrected chi connectivity index (χ1v) is 6.36. The van der Waals surface area contributed by atoms with Crippen LogP contribution in [-0.4, -0.2) is 15.5 Å². The van der Waals surface area contributed by atoms with Crippen molar-refractivity contribution in [2.45, 2.75) is 39.2 Å². The van der Waals surface area contributed by atoms with Crippen molar-refractivity contribution in [2.24, 2.45) is 0 Å². The fourth-order valence-corrected chi connectivity index (χ4v) is 2.51. The highest BCUT2D eigenvalue weighted by Crippen LogP contribution is 2.22. The van der Waals surface area contributed by atoms with Crippen molar-refractivity contribution in [3.63, 3.8) is 0 Å². The van der Waals surface area contributed by atoms with Crippen LogP contribution in [0.5, 0.6) is 0 Å². The lowest BCUT2D eigenvalue weighted by Gasteiger charge is -1.98. The number of hydrogen-bond acceptors (Lipinski definition) is 3. The third kappa shape index (κ3) is 2.10. The summed E-state index contributed by atoms with van der Waals surface area (Å²) in [6.45, 7) is 2.54. The molecular weight excluding hydrogens is 228 g/mol. The Morgan fingerprint density at radius 2 is 2.17 bits per heavy atom. The lowest BCUT2D eigenvalue weighted by Crippen LogP contribution is -1.99. The first-order chi connectivity index (χ1) is 8.72. The van der Waals surface area contributed by atoms with Crippen LogP contribution in [0, 0.1) is 6.92 Å². The number of fused-ring (bicyclic) bond motifs is 1. The van der Waals surface area contributed by atoms with E-state index in [0.717, 1.165) is 36.3 Å². The minimum Gasteiger partial charge on any atom is -0.361 e. The van der Waals surface area contributed by atoms with Gasteiger partial charge < -0.3 is 9.09 Å². The Kier molecular flexibility index (Phi) is 2.78. The van der Waals surface area contributed by atoms with Gasteiger partial charge in [0.25, 0.3) is 0 Å². The van der Waals surface area contributed by atoms with Gasteiger partial charge in [-0.15, -0.1) is 0 Å². The van der Waals surface area contributed by atoms with Crippen molar-refractivity contribution in [3.8, 4) is 0 Å². The van der Waals surface area contributed by atoms with Gasteiger partial charge in [0.2, 0.25) is 0 Å². The van der Waals surface area contributed by atoms with Crippen LogP contribution in [0.4, 0.5) is 0 Å². The molecule has 1 aliphatic rings. The third-order valence-corrected chi connectivity index (χ3v) is 3.38. The van der Waals surface area contributed by atoms with Gasteiger partial charge in [-0.3, -0.25) is 4.79 Å². The van der Waals surface area contributed by atoms with Gasteiger partial charge in [0.05, 0.1) is 6.54 Å². The molecule has 0 atom stereocenters. The quantitative estimate of drug-likeness (QED) is 0.763. The summed E-state index contributed by atoms with van der Waals surface area (Å²) in [5.74, 6) is 1.09. The molecule has 0 amide bonds. The van der Waals surface area contributed by atoms with Gasteiger partial charge in [0.15, 0.2) is 5.78 Å². The summed E-state index contributed by atoms with van der Waals surface area (Å²) in [4.78, 5) is 11.9. The maximum Gasteiger partial charge on any atom is 0.164 e. The molecule has 0 radical (unpaired) electrons. The van der Waals surface area contributed by atoms with Crippen molar-refractivity contribution in [2.75, 3.05) is 0 Å². The van der Waals surface area contributed by atoms with Gasteiger partial charge in [-0.25, -0.2) is 0 Å². The molecule has 4 nitrogen and oxygen atoms in total. The second-order valence-corrected chi connectivity index (χ2v) is 4.93. The molecule has 18 heavy (non-hydrogen) atoms. The molecule has 0 aromatic carbocycles. The van der Waals surface area contributed by atoms with E-state index in [2.05, 4.69) is 11.4 Å². The van der Waals surface area contributed by atoms with E-state index in [0.29, 0.717) is 13.0 Å². The van der Waals surface area contributed by atoms with E-state index in [1.807, 2.05) is 23.8 Å². The summed E-state index contributed by atoms with van der Waals surface area (Å²) < 4.78 is 7.08. The second-order valence-electron chi connectivity index (χ2n) is 4.93. The van der Waals surface area contributed by atoms with Crippen LogP contribution >= 0.6 is 0 Å². The molecule has 1 aliphatic carbocycles. The first kappa shape index (κ1) is 11.3. The summed E-state index contributed by atoms with van der Waals surface area (Å²) in [5.41, 5.74) is 2.97. The zero-order chi connectivity index (χ0) is 12.5. The van der Waals surface area contributed by atoms with Gasteiger partial charge in [-0.2, -0.15) is 0 Å². The van der Waals surface area contributed by atoms with Crippen molar-refractivity contribution < 1.29 is 9.32 Å². The summed E-state index contributed by atoms with van der Waals surface area (Å²) in [7, 11) is 0. The Morgan fingerprint density at radius 3 is 2.94 bits per heavy atom. The van der Waals surface area contributed by atoms with E-state index in [4.69, 9.17) is 4.52 Å². The predicted octanol–water partition coefficient (Wildman–Crippen LogP) is 2.74. The van der Waals surface area contributed by atoms with Crippen LogP contribution in [0.25, 0.3) is 0 Å². The van der Waals surface area contributed by atoms with E-state index < -0.39 is 0 Å². The Hall–Kier alpha value is -1.84. The number of rotatable bonds is 2. The molecule has 0 bridgehead atoms. The lowest BCUT2D eigenvalue weighted by atomic mass is 10.1. The maximum absolute atomic E-state index is 11.9. The van der Waals surface area contributed by atoms with E-state index in [1.54, 1.807) is 0 Å². The number of ketones is 1. The number of aromatic nitrogens is 2. The summed E-state index contributed by atoms with van der Waals surface area (Å²) in [6, 6.07) is 1.92. The minimum atomic E-state index is 0.276. The SMILES string of the molecule is Cc1cc(Cn2cc3c(c2)C(=O)CCCC3)no1. The van der Waals surface area contributed by atoms with Crippen LogP contribution in [0.2, 0.25) is 0 Å². The normalized spacial score (nSPS) is 15.5. The fourth-order valence-electron chi connectivity index (χ4n) is 2.51. The topological polar surface area (TPSA) is 48.0 Å². The average Bonchev–Trinajstić information content (AvgIpc) is 2.88. The zero-order valence-corrected chi connectivity index (χ0v) is 10.5. The third-order valence-electron chi connectivity index (χ3n) is 3.38. The van der Waals surface area contributed by atoms with Crippen molar-refractivity contribution in [3.05, 3.63) is 41.0 Å². The number of nitrogens with zero attached hydrogens (tertiary/aromatic N) is 2. The molecule has 0 unspecified atom stereocenters. The Bertz CT molecular complexity index is 580. The minimum absolute atomic E-state index is 0.276. The molecule has 3 rings (SSSR count). The molecule has 2 heterocycles. The molecule has 0 N–H and O–H groups in total. The van der Waals surface area contributed by atoms with Crippen molar-refractivity contribution in [1.82, 2.24) is 9.72 Å². The first-order valence-electron chi connectivity index (χ1n) is 6.36. The van der Waals surface area contributed by atoms with Crippen molar-refractivity contribution >= 4 is 5.78 Å². The molecule has 2 aromatic heterocycles. The molecular formula is C14H16N2O2. The van der Waals surface area contributed by atoms with Gasteiger partial charge in [0.1, 0.15) is 11.5 Å². The number of Topliss-reactive ketones (excluding diaryl/α,β-unsaturated/α-hetero) is 1. The van der Waals surface area contributed by atoms with Crippen LogP contribution in [0.15, 0.2) is 23.0 Å². The zero-order valence-electron chi connectivity index (χ0n) is 10.5. The number of carbonyl (C=O) groups excluding carboxylic acids is 1. The Labute approximate surface area is 106 Å². The molecule has 94 valence electrons. The summed E-state index contributed by atoms with van der Waals surface area (Å²) in [5, 5.41) is 3.97. The van der Waals surface area contributed by atoms with Crippen LogP contribution in [-0.2, 0) is 13.0 Å². The smallest absolute Gasteiger partial charge is 0.164 e. The molecule has 0 saturated heterocycles. The molecule has 0 aliphatic heterocycles. The van der Waals surface area contributed by atoms with E-state index >= 15 is 0 Å². The second kappa shape index (κ2) is 4.44. The van der Waals surface area contributed by atoms with Crippen LogP contribution < -0.4 is 0 Å². The van der Waals surface area contributed by atoms with Gasteiger partial charge in [-0.05, 0) is 31.7 Å². The monoisotopic (exact) mass is 244 g/mol. The maximum atomic E-state index is 11.9. The van der Waals surface area contributed by atoms with E-state index in [1.165, 1.54) is 5.56 Å². The van der Waals surface area contributed by atoms with Gasteiger partial charge in [-0.1, -0.05) is 5.16 Å². The molecule has 0 fully saturated rings. The largest absolute Gasteiger partial charge is 0.361 e. The Morgan fingerprint density at radius 1 is 1.33 bits per heavy atom. The number of aryl methyl sites for hydroxylation is 2. The van der Waals surface area contributed by atoms with Crippen LogP contribution in [0.1, 0.15) is 46.6 Å². The average molecular weight is 244 g/mol. The molecule has 4 heteroatoms. The van der Waals surface area contributed by atoms with E-state index in [9.17, 15) is 4.79 Å². The predicted molar refractivity (Wildman–Crippen MR) is 66.7 cm³/mol. The highest BCUT2D eigenvalue weighted by atomic mass is 16.5. The Balaban J connectivity index is 1.86. The summed E-state index contributed by atoms with van der Waals surface area (Å²) in [6.07, 6.45) is 7.82. The lowest BCUT2D eigenvalue weighted by molar-refractivity contribution is 0.0982. The summed E-state index contributed by atoms with van der Waals surface area (Å²) >= 11 is 0. The van der Waals surface area contributed by atoms with E-state index in [-0.39, 0.29) is 5.78 Å². The molecule has 0 saturated carbocycles. The van der Waals surface area contributed by atoms with Gasteiger partial charge >= 0.3 is 0 Å². The molecule has 0 spiro atoms. The highest BCUT2D eigenvalue weighted by Gasteiger charge is 2.17. The molecule has 2 aromatic rings. The van der Waals surface area contributed by atoms with Crippen molar-refractivity contribution in [1.29, 1.82) is 0 Å². The number of hydrogen-bond donors (Lipinski definition) is 0. The highest BCUT2D eigenvalue weighted by molar-refractivity contribution is 5.97. The fraction of sp³-hybridized carbons (Fsp3) is 0.429. The number of carbonyl (C=O) groups is 1.